The number of hydrazine groups is 1. The fraction of sp³-hybridized carbons (Fsp3) is 0.357. The number of fused-ring (bicyclic) bond motifs is 2. The van der Waals surface area contributed by atoms with Crippen molar-refractivity contribution in [3.63, 3.8) is 0 Å². The van der Waals surface area contributed by atoms with Gasteiger partial charge in [-0.2, -0.15) is 0 Å². The Morgan fingerprint density at radius 2 is 2.20 bits per heavy atom. The molecule has 2 heterocycles. The van der Waals surface area contributed by atoms with E-state index in [-0.39, 0.29) is 11.0 Å². The van der Waals surface area contributed by atoms with Crippen molar-refractivity contribution in [1.29, 1.82) is 0 Å². The topological polar surface area (TPSA) is 90.0 Å². The zero-order valence-corrected chi connectivity index (χ0v) is 11.4. The van der Waals surface area contributed by atoms with Crippen molar-refractivity contribution in [3.05, 3.63) is 39.9 Å². The van der Waals surface area contributed by atoms with Gasteiger partial charge in [0.2, 0.25) is 0 Å². The molecule has 1 amide bonds. The molecule has 20 heavy (non-hydrogen) atoms. The summed E-state index contributed by atoms with van der Waals surface area (Å²) in [5.74, 6) is 5.50. The van der Waals surface area contributed by atoms with Crippen molar-refractivity contribution in [3.8, 4) is 0 Å². The first-order chi connectivity index (χ1) is 9.41. The van der Waals surface area contributed by atoms with Crippen LogP contribution in [0.15, 0.2) is 23.0 Å². The van der Waals surface area contributed by atoms with Crippen LogP contribution in [-0.2, 0) is 13.0 Å². The lowest BCUT2D eigenvalue weighted by Crippen LogP contribution is -2.30. The fourth-order valence-corrected chi connectivity index (χ4v) is 2.70. The van der Waals surface area contributed by atoms with Crippen molar-refractivity contribution in [2.45, 2.75) is 26.8 Å². The van der Waals surface area contributed by atoms with Crippen molar-refractivity contribution in [2.24, 2.45) is 11.3 Å². The van der Waals surface area contributed by atoms with Crippen LogP contribution in [0.3, 0.4) is 0 Å². The van der Waals surface area contributed by atoms with Crippen molar-refractivity contribution in [1.82, 2.24) is 15.0 Å². The second-order valence-electron chi connectivity index (χ2n) is 5.97. The van der Waals surface area contributed by atoms with Gasteiger partial charge in [-0.05, 0) is 23.6 Å². The minimum Gasteiger partial charge on any atom is -0.296 e. The normalized spacial score (nSPS) is 16.1. The minimum atomic E-state index is -0.394. The number of nitrogen functional groups attached to an aromatic ring is 1. The number of nitrogens with one attached hydrogen (secondary N) is 1. The first-order valence-electron chi connectivity index (χ1n) is 6.46. The predicted octanol–water partition coefficient (Wildman–Crippen LogP) is 0.582. The molecule has 1 aromatic carbocycles. The van der Waals surface area contributed by atoms with Gasteiger partial charge in [-0.3, -0.25) is 19.6 Å². The Kier molecular flexibility index (Phi) is 2.65. The van der Waals surface area contributed by atoms with Crippen molar-refractivity contribution >= 4 is 16.8 Å². The van der Waals surface area contributed by atoms with Gasteiger partial charge in [0.15, 0.2) is 0 Å². The summed E-state index contributed by atoms with van der Waals surface area (Å²) in [5.41, 5.74) is 3.00. The number of carbonyl (C=O) groups excluding carboxylic acids is 1. The Bertz CT molecular complexity index is 777. The zero-order valence-electron chi connectivity index (χ0n) is 11.4. The van der Waals surface area contributed by atoms with E-state index in [1.54, 1.807) is 22.8 Å². The highest BCUT2D eigenvalue weighted by molar-refractivity contribution is 5.97. The molecule has 104 valence electrons. The van der Waals surface area contributed by atoms with Gasteiger partial charge in [-0.25, -0.2) is 10.8 Å². The molecule has 6 heteroatoms. The maximum absolute atomic E-state index is 12.5. The highest BCUT2D eigenvalue weighted by Crippen LogP contribution is 2.29. The Morgan fingerprint density at radius 3 is 2.90 bits per heavy atom. The maximum Gasteiger partial charge on any atom is 0.265 e. The SMILES string of the molecule is CC1(C)Cc2nc3cc(C(=O)NN)ccc3c(=O)n2C1. The third kappa shape index (κ3) is 1.89. The quantitative estimate of drug-likeness (QED) is 0.451. The van der Waals surface area contributed by atoms with Crippen LogP contribution in [-0.4, -0.2) is 15.5 Å². The van der Waals surface area contributed by atoms with E-state index in [2.05, 4.69) is 24.3 Å². The van der Waals surface area contributed by atoms with Crippen LogP contribution in [0.5, 0.6) is 0 Å². The summed E-state index contributed by atoms with van der Waals surface area (Å²) >= 11 is 0. The monoisotopic (exact) mass is 272 g/mol. The first-order valence-corrected chi connectivity index (χ1v) is 6.46. The highest BCUT2D eigenvalue weighted by atomic mass is 16.2. The van der Waals surface area contributed by atoms with Crippen molar-refractivity contribution < 1.29 is 4.79 Å². The molecule has 0 saturated carbocycles. The molecule has 0 bridgehead atoms. The molecule has 0 fully saturated rings. The molecular weight excluding hydrogens is 256 g/mol. The van der Waals surface area contributed by atoms with E-state index >= 15 is 0 Å². The lowest BCUT2D eigenvalue weighted by Gasteiger charge is -2.13. The number of hydrogen-bond acceptors (Lipinski definition) is 4. The molecule has 1 aliphatic heterocycles. The van der Waals surface area contributed by atoms with Gasteiger partial charge in [0.25, 0.3) is 11.5 Å². The van der Waals surface area contributed by atoms with E-state index in [0.717, 1.165) is 12.2 Å². The van der Waals surface area contributed by atoms with Gasteiger partial charge in [-0.15, -0.1) is 0 Å². The van der Waals surface area contributed by atoms with Crippen molar-refractivity contribution in [2.75, 3.05) is 0 Å². The summed E-state index contributed by atoms with van der Waals surface area (Å²) in [5, 5.41) is 0.528. The van der Waals surface area contributed by atoms with Gasteiger partial charge >= 0.3 is 0 Å². The number of aromatic nitrogens is 2. The lowest BCUT2D eigenvalue weighted by atomic mass is 9.92. The summed E-state index contributed by atoms with van der Waals surface area (Å²) in [4.78, 5) is 28.5. The van der Waals surface area contributed by atoms with Gasteiger partial charge in [-0.1, -0.05) is 13.8 Å². The van der Waals surface area contributed by atoms with Crippen LogP contribution < -0.4 is 16.8 Å². The number of nitrogens with two attached hydrogens (primary N) is 1. The Labute approximate surface area is 115 Å². The molecule has 0 spiro atoms. The van der Waals surface area contributed by atoms with Gasteiger partial charge in [0.05, 0.1) is 10.9 Å². The molecule has 1 aromatic heterocycles. The molecule has 0 radical (unpaired) electrons. The summed E-state index contributed by atoms with van der Waals surface area (Å²) in [6, 6.07) is 4.82. The average Bonchev–Trinajstić information content (AvgIpc) is 2.72. The molecule has 0 unspecified atom stereocenters. The summed E-state index contributed by atoms with van der Waals surface area (Å²) in [7, 11) is 0. The Hall–Kier alpha value is -2.21. The van der Waals surface area contributed by atoms with Crippen LogP contribution in [0.4, 0.5) is 0 Å². The van der Waals surface area contributed by atoms with E-state index in [1.165, 1.54) is 0 Å². The summed E-state index contributed by atoms with van der Waals surface area (Å²) in [6.45, 7) is 4.90. The number of amides is 1. The third-order valence-electron chi connectivity index (χ3n) is 3.65. The van der Waals surface area contributed by atoms with E-state index in [4.69, 9.17) is 5.84 Å². The second kappa shape index (κ2) is 4.14. The standard InChI is InChI=1S/C14H16N4O2/c1-14(2)6-11-16-10-5-8(12(19)17-15)3-4-9(10)13(20)18(11)7-14/h3-5H,6-7,15H2,1-2H3,(H,17,19). The highest BCUT2D eigenvalue weighted by Gasteiger charge is 2.30. The Balaban J connectivity index is 2.23. The molecule has 0 saturated heterocycles. The van der Waals surface area contributed by atoms with Crippen LogP contribution in [0.2, 0.25) is 0 Å². The van der Waals surface area contributed by atoms with Crippen LogP contribution in [0.1, 0.15) is 30.0 Å². The minimum absolute atomic E-state index is 0.0357. The van der Waals surface area contributed by atoms with Gasteiger partial charge in [0, 0.05) is 18.5 Å². The molecule has 6 nitrogen and oxygen atoms in total. The molecule has 3 rings (SSSR count). The lowest BCUT2D eigenvalue weighted by molar-refractivity contribution is 0.0954. The molecular formula is C14H16N4O2. The maximum atomic E-state index is 12.5. The smallest absolute Gasteiger partial charge is 0.265 e. The number of rotatable bonds is 1. The molecule has 2 aromatic rings. The second-order valence-corrected chi connectivity index (χ2v) is 5.97. The number of carbonyl (C=O) groups is 1. The number of hydrogen-bond donors (Lipinski definition) is 2. The summed E-state index contributed by atoms with van der Waals surface area (Å²) in [6.07, 6.45) is 0.755. The van der Waals surface area contributed by atoms with Gasteiger partial charge < -0.3 is 0 Å². The van der Waals surface area contributed by atoms with E-state index in [0.29, 0.717) is 23.0 Å². The van der Waals surface area contributed by atoms with Crippen LogP contribution in [0, 0.1) is 5.41 Å². The van der Waals surface area contributed by atoms with Crippen LogP contribution >= 0.6 is 0 Å². The first kappa shape index (κ1) is 12.8. The van der Waals surface area contributed by atoms with Crippen LogP contribution in [0.25, 0.3) is 10.9 Å². The van der Waals surface area contributed by atoms with E-state index in [1.807, 2.05) is 0 Å². The van der Waals surface area contributed by atoms with Gasteiger partial charge in [0.1, 0.15) is 5.82 Å². The number of nitrogens with zero attached hydrogens (tertiary/aromatic N) is 2. The summed E-state index contributed by atoms with van der Waals surface area (Å²) < 4.78 is 1.73. The van der Waals surface area contributed by atoms with E-state index < -0.39 is 5.91 Å². The fourth-order valence-electron chi connectivity index (χ4n) is 2.70. The largest absolute Gasteiger partial charge is 0.296 e. The number of benzene rings is 1. The van der Waals surface area contributed by atoms with E-state index in [9.17, 15) is 9.59 Å². The Morgan fingerprint density at radius 1 is 1.45 bits per heavy atom. The molecule has 1 aliphatic rings. The average molecular weight is 272 g/mol. The molecule has 0 aliphatic carbocycles. The molecule has 0 atom stereocenters. The molecule has 3 N–H and O–H groups in total. The third-order valence-corrected chi connectivity index (χ3v) is 3.65. The zero-order chi connectivity index (χ0) is 14.5. The predicted molar refractivity (Wildman–Crippen MR) is 75.1 cm³/mol.